The van der Waals surface area contributed by atoms with E-state index in [1.807, 2.05) is 110 Å². The minimum absolute atomic E-state index is 0.0400. The highest BCUT2D eigenvalue weighted by atomic mass is 16.2. The van der Waals surface area contributed by atoms with Crippen molar-refractivity contribution in [2.45, 2.75) is 103 Å². The van der Waals surface area contributed by atoms with Gasteiger partial charge in [0.15, 0.2) is 0 Å². The van der Waals surface area contributed by atoms with Gasteiger partial charge in [-0.1, -0.05) is 155 Å². The fraction of sp³-hybridized carbons (Fsp3) is 0.377. The molecule has 6 amide bonds. The summed E-state index contributed by atoms with van der Waals surface area (Å²) >= 11 is 0. The van der Waals surface area contributed by atoms with Gasteiger partial charge in [0.1, 0.15) is 29.7 Å². The van der Waals surface area contributed by atoms with E-state index in [1.54, 1.807) is 20.2 Å². The van der Waals surface area contributed by atoms with Crippen molar-refractivity contribution < 1.29 is 28.8 Å². The molecule has 5 aromatic rings. The highest BCUT2D eigenvalue weighted by molar-refractivity contribution is 5.96. The van der Waals surface area contributed by atoms with Crippen molar-refractivity contribution in [2.75, 3.05) is 13.1 Å². The quantitative estimate of drug-likeness (QED) is 0.0587. The summed E-state index contributed by atoms with van der Waals surface area (Å²) < 4.78 is 2.01. The summed E-state index contributed by atoms with van der Waals surface area (Å²) in [7, 11) is 0. The van der Waals surface area contributed by atoms with Crippen LogP contribution in [-0.2, 0) is 47.3 Å². The third kappa shape index (κ3) is 12.1. The molecule has 68 heavy (non-hydrogen) atoms. The number of rotatable bonds is 21. The molecule has 0 bridgehead atoms. The van der Waals surface area contributed by atoms with E-state index in [4.69, 9.17) is 10.7 Å². The van der Waals surface area contributed by atoms with E-state index in [-0.39, 0.29) is 24.2 Å². The van der Waals surface area contributed by atoms with E-state index >= 15 is 0 Å². The van der Waals surface area contributed by atoms with Crippen LogP contribution < -0.4 is 32.3 Å². The lowest BCUT2D eigenvalue weighted by atomic mass is 9.77. The molecule has 0 radical (unpaired) electrons. The zero-order chi connectivity index (χ0) is 48.8. The first-order valence-corrected chi connectivity index (χ1v) is 23.5. The van der Waals surface area contributed by atoms with Gasteiger partial charge in [-0.3, -0.25) is 28.8 Å². The molecule has 2 heterocycles. The standard InChI is InChI=1S/C53H65N9O6/c1-6-36(4)47(52(68)55-31-38-20-11-7-12-21-38)60-50(66)44-28-19-29-62(44)45(63)32-56-48(64)37(5)58-49(65)43(59-51(67)46(54)35(2)3)30-42-33-61(34-57-42)53(39-22-13-8-14-23-39,40-24-15-9-16-25-40)41-26-17-10-18-27-41/h7-18,20-27,33-37,43-44,46-47H,6,19,28-32,54H2,1-5H3,(H,55,68)(H,56,64)(H,58,65)(H,59,67)(H,60,66)/t36-,37-,43-,44-,46-,47-/m0/s1. The number of benzene rings is 4. The molecule has 6 atom stereocenters. The van der Waals surface area contributed by atoms with Crippen molar-refractivity contribution in [1.82, 2.24) is 41.0 Å². The van der Waals surface area contributed by atoms with Crippen LogP contribution in [0.15, 0.2) is 134 Å². The number of amides is 6. The van der Waals surface area contributed by atoms with E-state index in [0.717, 1.165) is 22.3 Å². The lowest BCUT2D eigenvalue weighted by Gasteiger charge is -2.37. The molecule has 15 heteroatoms. The number of nitrogens with zero attached hydrogens (tertiary/aromatic N) is 3. The maximum atomic E-state index is 14.1. The zero-order valence-corrected chi connectivity index (χ0v) is 39.6. The summed E-state index contributed by atoms with van der Waals surface area (Å²) in [6.45, 7) is 9.09. The molecule has 1 fully saturated rings. The van der Waals surface area contributed by atoms with Gasteiger partial charge in [-0.2, -0.15) is 0 Å². The highest BCUT2D eigenvalue weighted by Gasteiger charge is 2.40. The number of imidazole rings is 1. The van der Waals surface area contributed by atoms with Crippen molar-refractivity contribution >= 4 is 35.4 Å². The SMILES string of the molecule is CC[C@H](C)[C@H](NC(=O)[C@@H]1CCCN1C(=O)CNC(=O)[C@H](C)NC(=O)[C@H](Cc1cn(C(c2ccccc2)(c2ccccc2)c2ccccc2)cn1)NC(=O)[C@@H](N)C(C)C)C(=O)NCc1ccccc1. The van der Waals surface area contributed by atoms with Gasteiger partial charge in [0.25, 0.3) is 0 Å². The molecule has 1 saturated heterocycles. The molecule has 358 valence electrons. The minimum Gasteiger partial charge on any atom is -0.350 e. The van der Waals surface area contributed by atoms with Crippen LogP contribution in [0.5, 0.6) is 0 Å². The van der Waals surface area contributed by atoms with Crippen LogP contribution in [0.25, 0.3) is 0 Å². The summed E-state index contributed by atoms with van der Waals surface area (Å²) in [5.41, 5.74) is 9.71. The molecule has 15 nitrogen and oxygen atoms in total. The first-order valence-electron chi connectivity index (χ1n) is 23.5. The smallest absolute Gasteiger partial charge is 0.243 e. The second kappa shape index (κ2) is 23.5. The predicted octanol–water partition coefficient (Wildman–Crippen LogP) is 4.19. The van der Waals surface area contributed by atoms with Crippen molar-refractivity contribution in [2.24, 2.45) is 17.6 Å². The zero-order valence-electron chi connectivity index (χ0n) is 39.6. The van der Waals surface area contributed by atoms with Gasteiger partial charge >= 0.3 is 0 Å². The molecule has 1 aromatic heterocycles. The third-order valence-corrected chi connectivity index (χ3v) is 12.8. The van der Waals surface area contributed by atoms with Crippen molar-refractivity contribution in [1.29, 1.82) is 0 Å². The number of nitrogens with one attached hydrogen (secondary N) is 5. The Morgan fingerprint density at radius 3 is 1.81 bits per heavy atom. The Balaban J connectivity index is 1.13. The Kier molecular flexibility index (Phi) is 17.4. The maximum Gasteiger partial charge on any atom is 0.243 e. The van der Waals surface area contributed by atoms with Crippen LogP contribution in [0.4, 0.5) is 0 Å². The van der Waals surface area contributed by atoms with Crippen LogP contribution in [0.1, 0.15) is 81.8 Å². The number of hydrogen-bond acceptors (Lipinski definition) is 8. The number of hydrogen-bond donors (Lipinski definition) is 6. The Hall–Kier alpha value is -7.13. The molecule has 7 N–H and O–H groups in total. The largest absolute Gasteiger partial charge is 0.350 e. The van der Waals surface area contributed by atoms with Gasteiger partial charge in [-0.05, 0) is 53.9 Å². The van der Waals surface area contributed by atoms with Gasteiger partial charge in [-0.25, -0.2) is 4.98 Å². The topological polar surface area (TPSA) is 210 Å². The summed E-state index contributed by atoms with van der Waals surface area (Å²) in [5.74, 6) is -3.48. The number of nitrogens with two attached hydrogens (primary N) is 1. The predicted molar refractivity (Wildman–Crippen MR) is 260 cm³/mol. The van der Waals surface area contributed by atoms with Gasteiger partial charge in [0.2, 0.25) is 35.4 Å². The van der Waals surface area contributed by atoms with Crippen molar-refractivity contribution in [3.8, 4) is 0 Å². The van der Waals surface area contributed by atoms with Crippen molar-refractivity contribution in [3.63, 3.8) is 0 Å². The average molecular weight is 924 g/mol. The summed E-state index contributed by atoms with van der Waals surface area (Å²) in [4.78, 5) is 87.8. The Morgan fingerprint density at radius 2 is 1.26 bits per heavy atom. The molecule has 1 aliphatic heterocycles. The van der Waals surface area contributed by atoms with Crippen LogP contribution in [-0.4, -0.2) is 93.2 Å². The average Bonchev–Trinajstić information content (AvgIpc) is 4.06. The number of carbonyl (C=O) groups excluding carboxylic acids is 6. The van der Waals surface area contributed by atoms with Gasteiger partial charge < -0.3 is 41.8 Å². The fourth-order valence-electron chi connectivity index (χ4n) is 8.61. The van der Waals surface area contributed by atoms with E-state index < -0.39 is 71.8 Å². The van der Waals surface area contributed by atoms with Crippen LogP contribution in [0, 0.1) is 11.8 Å². The maximum absolute atomic E-state index is 14.1. The Bertz CT molecular complexity index is 2370. The fourth-order valence-corrected chi connectivity index (χ4v) is 8.61. The van der Waals surface area contributed by atoms with E-state index in [2.05, 4.69) is 63.0 Å². The molecule has 6 rings (SSSR count). The molecule has 0 spiro atoms. The molecule has 0 unspecified atom stereocenters. The number of aromatic nitrogens is 2. The normalized spacial score (nSPS) is 15.9. The number of likely N-dealkylation sites (tertiary alicyclic amines) is 1. The van der Waals surface area contributed by atoms with Gasteiger partial charge in [-0.15, -0.1) is 0 Å². The number of carbonyl (C=O) groups is 6. The highest BCUT2D eigenvalue weighted by Crippen LogP contribution is 2.41. The molecule has 0 aliphatic carbocycles. The summed E-state index contributed by atoms with van der Waals surface area (Å²) in [5, 5.41) is 13.9. The van der Waals surface area contributed by atoms with Crippen molar-refractivity contribution in [3.05, 3.63) is 162 Å². The molecule has 0 saturated carbocycles. The third-order valence-electron chi connectivity index (χ3n) is 12.8. The van der Waals surface area contributed by atoms with E-state index in [0.29, 0.717) is 38.0 Å². The monoisotopic (exact) mass is 924 g/mol. The van der Waals surface area contributed by atoms with E-state index in [1.165, 1.54) is 11.8 Å². The minimum atomic E-state index is -1.18. The first kappa shape index (κ1) is 50.3. The van der Waals surface area contributed by atoms with Gasteiger partial charge in [0, 0.05) is 25.7 Å². The Labute approximate surface area is 399 Å². The Morgan fingerprint density at radius 1 is 0.706 bits per heavy atom. The lowest BCUT2D eigenvalue weighted by molar-refractivity contribution is -0.140. The molecule has 1 aliphatic rings. The van der Waals surface area contributed by atoms with E-state index in [9.17, 15) is 28.8 Å². The molecule has 4 aromatic carbocycles. The molecular weight excluding hydrogens is 859 g/mol. The second-order valence-corrected chi connectivity index (χ2v) is 17.9. The lowest BCUT2D eigenvalue weighted by Crippen LogP contribution is -2.57. The van der Waals surface area contributed by atoms with Crippen LogP contribution in [0.2, 0.25) is 0 Å². The van der Waals surface area contributed by atoms with Gasteiger partial charge in [0.05, 0.1) is 24.6 Å². The first-order chi connectivity index (χ1) is 32.7. The second-order valence-electron chi connectivity index (χ2n) is 17.9. The molecular formula is C53H65N9O6. The van der Waals surface area contributed by atoms with Crippen LogP contribution >= 0.6 is 0 Å². The van der Waals surface area contributed by atoms with Crippen LogP contribution in [0.3, 0.4) is 0 Å². The summed E-state index contributed by atoms with van der Waals surface area (Å²) in [6, 6.07) is 34.8. The summed E-state index contributed by atoms with van der Waals surface area (Å²) in [6.07, 6.45) is 5.14.